The molecule has 0 aliphatic heterocycles. The van der Waals surface area contributed by atoms with Gasteiger partial charge in [0.2, 0.25) is 5.91 Å². The van der Waals surface area contributed by atoms with Crippen molar-refractivity contribution in [2.45, 2.75) is 31.9 Å². The Morgan fingerprint density at radius 3 is 2.24 bits per heavy atom. The van der Waals surface area contributed by atoms with Crippen LogP contribution in [0, 0.1) is 11.8 Å². The molecule has 1 saturated carbocycles. The fourth-order valence-electron chi connectivity index (χ4n) is 2.22. The van der Waals surface area contributed by atoms with E-state index >= 15 is 0 Å². The first-order valence-electron chi connectivity index (χ1n) is 5.74. The maximum Gasteiger partial charge on any atom is 0.391 e. The number of halogens is 4. The van der Waals surface area contributed by atoms with Crippen molar-refractivity contribution >= 4 is 17.5 Å². The lowest BCUT2D eigenvalue weighted by Crippen LogP contribution is -2.37. The minimum Gasteiger partial charge on any atom is -0.344 e. The molecule has 6 heteroatoms. The van der Waals surface area contributed by atoms with Crippen LogP contribution in [-0.4, -0.2) is 36.5 Å². The lowest BCUT2D eigenvalue weighted by Gasteiger charge is -2.31. The number of carbonyl (C=O) groups excluding carboxylic acids is 1. The predicted octanol–water partition coefficient (Wildman–Crippen LogP) is 3.05. The molecular formula is C11H17ClF3NO. The van der Waals surface area contributed by atoms with Gasteiger partial charge in [0.25, 0.3) is 0 Å². The Labute approximate surface area is 104 Å². The van der Waals surface area contributed by atoms with Gasteiger partial charge < -0.3 is 4.90 Å². The second-order valence-electron chi connectivity index (χ2n) is 4.54. The number of hydrogen-bond acceptors (Lipinski definition) is 1. The van der Waals surface area contributed by atoms with Crippen LogP contribution < -0.4 is 0 Å². The number of nitrogens with zero attached hydrogens (tertiary/aromatic N) is 1. The molecule has 1 aliphatic carbocycles. The zero-order valence-electron chi connectivity index (χ0n) is 9.76. The van der Waals surface area contributed by atoms with Gasteiger partial charge in [0, 0.05) is 25.4 Å². The van der Waals surface area contributed by atoms with Crippen molar-refractivity contribution in [3.05, 3.63) is 0 Å². The molecule has 0 heterocycles. The normalized spacial score (nSPS) is 25.7. The SMILES string of the molecule is CN(CCCl)C(=O)C1CCC(C(F)(F)F)CC1. The van der Waals surface area contributed by atoms with Gasteiger partial charge in [0.15, 0.2) is 0 Å². The maximum atomic E-state index is 12.4. The summed E-state index contributed by atoms with van der Waals surface area (Å²) in [7, 11) is 1.64. The Balaban J connectivity index is 2.44. The summed E-state index contributed by atoms with van der Waals surface area (Å²) >= 11 is 5.52. The van der Waals surface area contributed by atoms with E-state index in [0.717, 1.165) is 0 Å². The quantitative estimate of drug-likeness (QED) is 0.723. The van der Waals surface area contributed by atoms with E-state index in [2.05, 4.69) is 0 Å². The average molecular weight is 272 g/mol. The number of rotatable bonds is 3. The van der Waals surface area contributed by atoms with Crippen LogP contribution in [-0.2, 0) is 4.79 Å². The highest BCUT2D eigenvalue weighted by atomic mass is 35.5. The fraction of sp³-hybridized carbons (Fsp3) is 0.909. The molecule has 0 radical (unpaired) electrons. The van der Waals surface area contributed by atoms with Gasteiger partial charge in [-0.2, -0.15) is 13.2 Å². The molecule has 1 amide bonds. The van der Waals surface area contributed by atoms with Crippen LogP contribution in [0.25, 0.3) is 0 Å². The average Bonchev–Trinajstić information content (AvgIpc) is 2.27. The van der Waals surface area contributed by atoms with E-state index < -0.39 is 12.1 Å². The van der Waals surface area contributed by atoms with Crippen LogP contribution in [0.1, 0.15) is 25.7 Å². The topological polar surface area (TPSA) is 20.3 Å². The zero-order valence-corrected chi connectivity index (χ0v) is 10.5. The van der Waals surface area contributed by atoms with E-state index in [9.17, 15) is 18.0 Å². The van der Waals surface area contributed by atoms with Crippen molar-refractivity contribution in [1.29, 1.82) is 0 Å². The van der Waals surface area contributed by atoms with Gasteiger partial charge in [0.05, 0.1) is 5.92 Å². The second kappa shape index (κ2) is 5.94. The Bertz CT molecular complexity index is 262. The van der Waals surface area contributed by atoms with Crippen LogP contribution in [0.15, 0.2) is 0 Å². The molecular weight excluding hydrogens is 255 g/mol. The maximum absolute atomic E-state index is 12.4. The summed E-state index contributed by atoms with van der Waals surface area (Å²) in [6.45, 7) is 0.444. The van der Waals surface area contributed by atoms with Gasteiger partial charge in [0.1, 0.15) is 0 Å². The van der Waals surface area contributed by atoms with Crippen molar-refractivity contribution < 1.29 is 18.0 Å². The lowest BCUT2D eigenvalue weighted by atomic mass is 9.81. The molecule has 2 nitrogen and oxygen atoms in total. The first-order valence-corrected chi connectivity index (χ1v) is 6.27. The summed E-state index contributed by atoms with van der Waals surface area (Å²) < 4.78 is 37.3. The third-order valence-corrected chi connectivity index (χ3v) is 3.50. The van der Waals surface area contributed by atoms with Crippen LogP contribution in [0.3, 0.4) is 0 Å². The van der Waals surface area contributed by atoms with E-state index in [1.165, 1.54) is 4.90 Å². The third-order valence-electron chi connectivity index (χ3n) is 3.34. The first kappa shape index (κ1) is 14.6. The van der Waals surface area contributed by atoms with E-state index in [1.54, 1.807) is 7.05 Å². The molecule has 0 aromatic heterocycles. The molecule has 100 valence electrons. The monoisotopic (exact) mass is 271 g/mol. The number of carbonyl (C=O) groups is 1. The van der Waals surface area contributed by atoms with Gasteiger partial charge in [-0.25, -0.2) is 0 Å². The van der Waals surface area contributed by atoms with Gasteiger partial charge in [-0.05, 0) is 25.7 Å². The molecule has 17 heavy (non-hydrogen) atoms. The second-order valence-corrected chi connectivity index (χ2v) is 4.92. The highest BCUT2D eigenvalue weighted by molar-refractivity contribution is 6.18. The summed E-state index contributed by atoms with van der Waals surface area (Å²) in [5.74, 6) is -1.22. The minimum atomic E-state index is -4.12. The molecule has 0 bridgehead atoms. The molecule has 0 unspecified atom stereocenters. The highest BCUT2D eigenvalue weighted by Crippen LogP contribution is 2.39. The molecule has 0 aromatic carbocycles. The molecule has 0 N–H and O–H groups in total. The standard InChI is InChI=1S/C11H17ClF3NO/c1-16(7-6-12)10(17)8-2-4-9(5-3-8)11(13,14)15/h8-9H,2-7H2,1H3. The van der Waals surface area contributed by atoms with E-state index in [1.807, 2.05) is 0 Å². The minimum absolute atomic E-state index is 0.0641. The van der Waals surface area contributed by atoms with E-state index in [4.69, 9.17) is 11.6 Å². The Morgan fingerprint density at radius 1 is 1.29 bits per heavy atom. The van der Waals surface area contributed by atoms with Crippen LogP contribution in [0.2, 0.25) is 0 Å². The Morgan fingerprint density at radius 2 is 1.82 bits per heavy atom. The van der Waals surface area contributed by atoms with Crippen molar-refractivity contribution in [3.63, 3.8) is 0 Å². The summed E-state index contributed by atoms with van der Waals surface area (Å²) in [6, 6.07) is 0. The Kier molecular flexibility index (Phi) is 5.10. The van der Waals surface area contributed by atoms with Crippen LogP contribution in [0.4, 0.5) is 13.2 Å². The van der Waals surface area contributed by atoms with Gasteiger partial charge in [-0.15, -0.1) is 11.6 Å². The van der Waals surface area contributed by atoms with Crippen LogP contribution in [0.5, 0.6) is 0 Å². The van der Waals surface area contributed by atoms with E-state index in [-0.39, 0.29) is 24.7 Å². The molecule has 1 aliphatic rings. The number of hydrogen-bond donors (Lipinski definition) is 0. The number of alkyl halides is 4. The first-order chi connectivity index (χ1) is 7.86. The third kappa shape index (κ3) is 4.05. The van der Waals surface area contributed by atoms with Crippen molar-refractivity contribution in [2.75, 3.05) is 19.5 Å². The van der Waals surface area contributed by atoms with Gasteiger partial charge in [-0.3, -0.25) is 4.79 Å². The van der Waals surface area contributed by atoms with Crippen molar-refractivity contribution in [2.24, 2.45) is 11.8 Å². The summed E-state index contributed by atoms with van der Waals surface area (Å²) in [5.41, 5.74) is 0. The molecule has 1 fully saturated rings. The zero-order chi connectivity index (χ0) is 13.1. The molecule has 0 aromatic rings. The van der Waals surface area contributed by atoms with E-state index in [0.29, 0.717) is 25.3 Å². The molecule has 0 atom stereocenters. The predicted molar refractivity (Wildman–Crippen MR) is 59.9 cm³/mol. The van der Waals surface area contributed by atoms with Crippen LogP contribution >= 0.6 is 11.6 Å². The molecule has 1 rings (SSSR count). The fourth-order valence-corrected chi connectivity index (χ4v) is 2.47. The molecule has 0 saturated heterocycles. The summed E-state index contributed by atoms with van der Waals surface area (Å²) in [6.07, 6.45) is -3.33. The summed E-state index contributed by atoms with van der Waals surface area (Å²) in [4.78, 5) is 13.3. The summed E-state index contributed by atoms with van der Waals surface area (Å²) in [5, 5.41) is 0. The van der Waals surface area contributed by atoms with Crippen molar-refractivity contribution in [1.82, 2.24) is 4.90 Å². The van der Waals surface area contributed by atoms with Crippen molar-refractivity contribution in [3.8, 4) is 0 Å². The van der Waals surface area contributed by atoms with Gasteiger partial charge in [-0.1, -0.05) is 0 Å². The van der Waals surface area contributed by atoms with Gasteiger partial charge >= 0.3 is 6.18 Å². The Hall–Kier alpha value is -0.450. The molecule has 0 spiro atoms. The number of amides is 1. The lowest BCUT2D eigenvalue weighted by molar-refractivity contribution is -0.185. The largest absolute Gasteiger partial charge is 0.391 e. The smallest absolute Gasteiger partial charge is 0.344 e. The highest BCUT2D eigenvalue weighted by Gasteiger charge is 2.42.